The molecule has 90 valence electrons. The van der Waals surface area contributed by atoms with Gasteiger partial charge in [-0.1, -0.05) is 12.1 Å². The predicted octanol–water partition coefficient (Wildman–Crippen LogP) is 2.36. The standard InChI is InChI=1S/C14H18N2O/c1-11(7-12(2)17)16(3)10-14-6-4-5-13(8-14)9-15/h4-6,8,11H,7,10H2,1-3H3. The Balaban J connectivity index is 2.64. The van der Waals surface area contributed by atoms with Crippen LogP contribution < -0.4 is 0 Å². The minimum absolute atomic E-state index is 0.204. The highest BCUT2D eigenvalue weighted by Crippen LogP contribution is 2.10. The van der Waals surface area contributed by atoms with Crippen LogP contribution in [0.25, 0.3) is 0 Å². The molecule has 0 aliphatic heterocycles. The van der Waals surface area contributed by atoms with Gasteiger partial charge in [-0.05, 0) is 38.6 Å². The number of carbonyl (C=O) groups excluding carboxylic acids is 1. The quantitative estimate of drug-likeness (QED) is 0.780. The van der Waals surface area contributed by atoms with Crippen molar-refractivity contribution in [3.05, 3.63) is 35.4 Å². The van der Waals surface area contributed by atoms with Crippen LogP contribution >= 0.6 is 0 Å². The van der Waals surface area contributed by atoms with E-state index in [4.69, 9.17) is 5.26 Å². The van der Waals surface area contributed by atoms with Crippen LogP contribution in [0.15, 0.2) is 24.3 Å². The lowest BCUT2D eigenvalue weighted by atomic mass is 10.1. The molecule has 0 saturated heterocycles. The second kappa shape index (κ2) is 6.17. The van der Waals surface area contributed by atoms with E-state index in [1.54, 1.807) is 13.0 Å². The highest BCUT2D eigenvalue weighted by molar-refractivity contribution is 5.76. The maximum atomic E-state index is 11.0. The smallest absolute Gasteiger partial charge is 0.131 e. The monoisotopic (exact) mass is 230 g/mol. The third-order valence-electron chi connectivity index (χ3n) is 2.82. The molecule has 0 fully saturated rings. The molecule has 0 radical (unpaired) electrons. The normalized spacial score (nSPS) is 12.2. The molecule has 0 amide bonds. The number of carbonyl (C=O) groups is 1. The number of nitriles is 1. The molecule has 0 aliphatic carbocycles. The number of hydrogen-bond donors (Lipinski definition) is 0. The lowest BCUT2D eigenvalue weighted by Crippen LogP contribution is -2.30. The summed E-state index contributed by atoms with van der Waals surface area (Å²) < 4.78 is 0. The molecule has 0 heterocycles. The summed E-state index contributed by atoms with van der Waals surface area (Å²) in [5.74, 6) is 0.204. The molecular weight excluding hydrogens is 212 g/mol. The van der Waals surface area contributed by atoms with E-state index in [9.17, 15) is 4.79 Å². The number of benzene rings is 1. The molecule has 1 aromatic rings. The molecule has 17 heavy (non-hydrogen) atoms. The molecule has 0 bridgehead atoms. The van der Waals surface area contributed by atoms with Crippen molar-refractivity contribution in [1.29, 1.82) is 5.26 Å². The highest BCUT2D eigenvalue weighted by atomic mass is 16.1. The van der Waals surface area contributed by atoms with Gasteiger partial charge in [-0.2, -0.15) is 5.26 Å². The summed E-state index contributed by atoms with van der Waals surface area (Å²) in [5.41, 5.74) is 1.78. The number of hydrogen-bond acceptors (Lipinski definition) is 3. The first-order valence-electron chi connectivity index (χ1n) is 5.71. The fraction of sp³-hybridized carbons (Fsp3) is 0.429. The van der Waals surface area contributed by atoms with Crippen molar-refractivity contribution in [3.8, 4) is 6.07 Å². The highest BCUT2D eigenvalue weighted by Gasteiger charge is 2.11. The molecule has 3 nitrogen and oxygen atoms in total. The Bertz CT molecular complexity index is 434. The molecule has 0 aliphatic rings. The Labute approximate surface area is 103 Å². The average molecular weight is 230 g/mol. The van der Waals surface area contributed by atoms with Gasteiger partial charge in [0.2, 0.25) is 0 Å². The Kier molecular flexibility index (Phi) is 4.86. The van der Waals surface area contributed by atoms with Crippen molar-refractivity contribution in [2.75, 3.05) is 7.05 Å². The van der Waals surface area contributed by atoms with Gasteiger partial charge in [0.1, 0.15) is 5.78 Å². The Morgan fingerprint density at radius 1 is 1.53 bits per heavy atom. The van der Waals surface area contributed by atoms with Gasteiger partial charge < -0.3 is 0 Å². The van der Waals surface area contributed by atoms with Gasteiger partial charge in [0, 0.05) is 19.0 Å². The average Bonchev–Trinajstić information content (AvgIpc) is 2.28. The van der Waals surface area contributed by atoms with Crippen LogP contribution in [0.3, 0.4) is 0 Å². The summed E-state index contributed by atoms with van der Waals surface area (Å²) in [6.45, 7) is 4.40. The first kappa shape index (κ1) is 13.4. The Morgan fingerprint density at radius 2 is 2.24 bits per heavy atom. The van der Waals surface area contributed by atoms with Crippen LogP contribution in [-0.2, 0) is 11.3 Å². The zero-order valence-electron chi connectivity index (χ0n) is 10.6. The number of nitrogens with zero attached hydrogens (tertiary/aromatic N) is 2. The predicted molar refractivity (Wildman–Crippen MR) is 67.4 cm³/mol. The van der Waals surface area contributed by atoms with Gasteiger partial charge in [0.05, 0.1) is 11.6 Å². The molecule has 0 spiro atoms. The molecule has 0 saturated carbocycles. The van der Waals surface area contributed by atoms with E-state index in [0.717, 1.165) is 12.1 Å². The minimum atomic E-state index is 0.204. The lowest BCUT2D eigenvalue weighted by Gasteiger charge is -2.23. The minimum Gasteiger partial charge on any atom is -0.300 e. The van der Waals surface area contributed by atoms with E-state index < -0.39 is 0 Å². The van der Waals surface area contributed by atoms with Gasteiger partial charge in [-0.25, -0.2) is 0 Å². The second-order valence-corrected chi connectivity index (χ2v) is 4.48. The van der Waals surface area contributed by atoms with Crippen LogP contribution in [0.4, 0.5) is 0 Å². The molecule has 1 atom stereocenters. The lowest BCUT2D eigenvalue weighted by molar-refractivity contribution is -0.118. The third-order valence-corrected chi connectivity index (χ3v) is 2.82. The van der Waals surface area contributed by atoms with Gasteiger partial charge >= 0.3 is 0 Å². The van der Waals surface area contributed by atoms with Gasteiger partial charge in [-0.3, -0.25) is 9.69 Å². The van der Waals surface area contributed by atoms with Gasteiger partial charge in [0.15, 0.2) is 0 Å². The molecule has 1 rings (SSSR count). The van der Waals surface area contributed by atoms with E-state index in [2.05, 4.69) is 11.0 Å². The summed E-state index contributed by atoms with van der Waals surface area (Å²) in [6.07, 6.45) is 0.564. The molecule has 1 unspecified atom stereocenters. The van der Waals surface area contributed by atoms with Crippen LogP contribution in [0.2, 0.25) is 0 Å². The van der Waals surface area contributed by atoms with E-state index in [1.165, 1.54) is 0 Å². The summed E-state index contributed by atoms with van der Waals surface area (Å²) >= 11 is 0. The van der Waals surface area contributed by atoms with Crippen molar-refractivity contribution in [1.82, 2.24) is 4.90 Å². The SMILES string of the molecule is CC(=O)CC(C)N(C)Cc1cccc(C#N)c1. The summed E-state index contributed by atoms with van der Waals surface area (Å²) in [6, 6.07) is 9.91. The first-order chi connectivity index (χ1) is 8.02. The second-order valence-electron chi connectivity index (χ2n) is 4.48. The van der Waals surface area contributed by atoms with Crippen molar-refractivity contribution in [3.63, 3.8) is 0 Å². The van der Waals surface area contributed by atoms with E-state index in [0.29, 0.717) is 12.0 Å². The van der Waals surface area contributed by atoms with Crippen molar-refractivity contribution in [2.24, 2.45) is 0 Å². The van der Waals surface area contributed by atoms with Crippen molar-refractivity contribution >= 4 is 5.78 Å². The summed E-state index contributed by atoms with van der Waals surface area (Å²) in [4.78, 5) is 13.2. The van der Waals surface area contributed by atoms with Gasteiger partial charge in [0.25, 0.3) is 0 Å². The fourth-order valence-electron chi connectivity index (χ4n) is 1.75. The van der Waals surface area contributed by atoms with E-state index in [-0.39, 0.29) is 11.8 Å². The van der Waals surface area contributed by atoms with Crippen LogP contribution in [0.5, 0.6) is 0 Å². The zero-order chi connectivity index (χ0) is 12.8. The van der Waals surface area contributed by atoms with Crippen LogP contribution in [-0.4, -0.2) is 23.8 Å². The van der Waals surface area contributed by atoms with Crippen molar-refractivity contribution in [2.45, 2.75) is 32.9 Å². The maximum absolute atomic E-state index is 11.0. The Morgan fingerprint density at radius 3 is 2.82 bits per heavy atom. The first-order valence-corrected chi connectivity index (χ1v) is 5.71. The van der Waals surface area contributed by atoms with E-state index in [1.807, 2.05) is 32.2 Å². The molecule has 0 aromatic heterocycles. The van der Waals surface area contributed by atoms with Crippen molar-refractivity contribution < 1.29 is 4.79 Å². The zero-order valence-corrected chi connectivity index (χ0v) is 10.6. The number of rotatable bonds is 5. The topological polar surface area (TPSA) is 44.1 Å². The number of ketones is 1. The van der Waals surface area contributed by atoms with Gasteiger partial charge in [-0.15, -0.1) is 0 Å². The molecule has 3 heteroatoms. The fourth-order valence-corrected chi connectivity index (χ4v) is 1.75. The summed E-state index contributed by atoms with van der Waals surface area (Å²) in [5, 5.41) is 8.82. The van der Waals surface area contributed by atoms with E-state index >= 15 is 0 Å². The molecule has 1 aromatic carbocycles. The Hall–Kier alpha value is -1.66. The molecule has 0 N–H and O–H groups in total. The van der Waals surface area contributed by atoms with Crippen LogP contribution in [0, 0.1) is 11.3 Å². The largest absolute Gasteiger partial charge is 0.300 e. The summed E-state index contributed by atoms with van der Waals surface area (Å²) in [7, 11) is 1.99. The third kappa shape index (κ3) is 4.38. The van der Waals surface area contributed by atoms with Crippen LogP contribution in [0.1, 0.15) is 31.4 Å². The number of Topliss-reactive ketones (excluding diaryl/α,β-unsaturated/α-hetero) is 1. The maximum Gasteiger partial charge on any atom is 0.131 e. The molecular formula is C14H18N2O.